The molecule has 1 N–H and O–H groups in total. The van der Waals surface area contributed by atoms with E-state index in [0.29, 0.717) is 17.8 Å². The molecule has 0 aromatic heterocycles. The second-order valence-corrected chi connectivity index (χ2v) is 10.9. The van der Waals surface area contributed by atoms with Crippen LogP contribution in [0.3, 0.4) is 0 Å². The van der Waals surface area contributed by atoms with Crippen molar-refractivity contribution in [3.8, 4) is 0 Å². The second kappa shape index (κ2) is 7.85. The molecule has 6 nitrogen and oxygen atoms in total. The minimum absolute atomic E-state index is 0.0264. The average Bonchev–Trinajstić information content (AvgIpc) is 2.61. The van der Waals surface area contributed by atoms with E-state index in [1.807, 2.05) is 19.9 Å². The SMILES string of the molecule is Cc1ccc(S(=O)(=O)Nc2ccc(S(=O)(=O)N3CCCCC3C)cc2)c(C)c1. The molecular formula is C20H26N2O4S2. The number of hydrogen-bond donors (Lipinski definition) is 1. The summed E-state index contributed by atoms with van der Waals surface area (Å²) in [5.41, 5.74) is 1.97. The number of piperidine rings is 1. The molecule has 1 aliphatic rings. The highest BCUT2D eigenvalue weighted by Gasteiger charge is 2.30. The van der Waals surface area contributed by atoms with Crippen LogP contribution in [0.2, 0.25) is 0 Å². The molecular weight excluding hydrogens is 396 g/mol. The Bertz CT molecular complexity index is 1060. The smallest absolute Gasteiger partial charge is 0.262 e. The standard InChI is InChI=1S/C20H26N2O4S2/c1-15-7-12-20(16(2)14-15)27(23,24)21-18-8-10-19(11-9-18)28(25,26)22-13-5-4-6-17(22)3/h7-12,14,17,21H,4-6,13H2,1-3H3. The van der Waals surface area contributed by atoms with E-state index >= 15 is 0 Å². The van der Waals surface area contributed by atoms with Crippen molar-refractivity contribution >= 4 is 25.7 Å². The summed E-state index contributed by atoms with van der Waals surface area (Å²) in [5, 5.41) is 0. The Hall–Kier alpha value is -1.90. The predicted octanol–water partition coefficient (Wildman–Crippen LogP) is 3.67. The predicted molar refractivity (Wildman–Crippen MR) is 110 cm³/mol. The Morgan fingerprint density at radius 1 is 0.964 bits per heavy atom. The van der Waals surface area contributed by atoms with Gasteiger partial charge in [0.15, 0.2) is 0 Å². The van der Waals surface area contributed by atoms with E-state index in [1.54, 1.807) is 19.1 Å². The third-order valence-electron chi connectivity index (χ3n) is 5.08. The number of rotatable bonds is 5. The molecule has 0 spiro atoms. The lowest BCUT2D eigenvalue weighted by atomic mass is 10.1. The van der Waals surface area contributed by atoms with Crippen molar-refractivity contribution in [1.29, 1.82) is 0 Å². The van der Waals surface area contributed by atoms with Gasteiger partial charge in [-0.05, 0) is 69.5 Å². The van der Waals surface area contributed by atoms with Gasteiger partial charge in [0.1, 0.15) is 0 Å². The van der Waals surface area contributed by atoms with Gasteiger partial charge in [-0.15, -0.1) is 0 Å². The highest BCUT2D eigenvalue weighted by molar-refractivity contribution is 7.92. The van der Waals surface area contributed by atoms with Gasteiger partial charge in [0.2, 0.25) is 10.0 Å². The van der Waals surface area contributed by atoms with Crippen LogP contribution in [0.1, 0.15) is 37.3 Å². The first kappa shape index (κ1) is 20.8. The summed E-state index contributed by atoms with van der Waals surface area (Å²) in [6.45, 7) is 6.09. The van der Waals surface area contributed by atoms with E-state index in [0.717, 1.165) is 24.8 Å². The van der Waals surface area contributed by atoms with Crippen LogP contribution < -0.4 is 4.72 Å². The first-order chi connectivity index (χ1) is 13.1. The van der Waals surface area contributed by atoms with Crippen LogP contribution >= 0.6 is 0 Å². The van der Waals surface area contributed by atoms with Gasteiger partial charge < -0.3 is 0 Å². The number of sulfonamides is 2. The minimum atomic E-state index is -3.75. The summed E-state index contributed by atoms with van der Waals surface area (Å²) in [5.74, 6) is 0. The molecule has 1 unspecified atom stereocenters. The molecule has 1 fully saturated rings. The van der Waals surface area contributed by atoms with Gasteiger partial charge in [0.25, 0.3) is 10.0 Å². The number of anilines is 1. The Kier molecular flexibility index (Phi) is 5.84. The van der Waals surface area contributed by atoms with E-state index in [9.17, 15) is 16.8 Å². The zero-order valence-electron chi connectivity index (χ0n) is 16.3. The van der Waals surface area contributed by atoms with Gasteiger partial charge in [-0.2, -0.15) is 4.31 Å². The van der Waals surface area contributed by atoms with Crippen molar-refractivity contribution in [2.75, 3.05) is 11.3 Å². The molecule has 0 bridgehead atoms. The second-order valence-electron chi connectivity index (χ2n) is 7.36. The monoisotopic (exact) mass is 422 g/mol. The molecule has 0 radical (unpaired) electrons. The number of aryl methyl sites for hydroxylation is 2. The third kappa shape index (κ3) is 4.24. The van der Waals surface area contributed by atoms with Crippen molar-refractivity contribution in [1.82, 2.24) is 4.31 Å². The lowest BCUT2D eigenvalue weighted by molar-refractivity contribution is 0.268. The van der Waals surface area contributed by atoms with Crippen molar-refractivity contribution < 1.29 is 16.8 Å². The van der Waals surface area contributed by atoms with Gasteiger partial charge in [0, 0.05) is 18.3 Å². The average molecular weight is 423 g/mol. The molecule has 0 amide bonds. The largest absolute Gasteiger partial charge is 0.280 e. The molecule has 1 aliphatic heterocycles. The van der Waals surface area contributed by atoms with Gasteiger partial charge in [-0.25, -0.2) is 16.8 Å². The van der Waals surface area contributed by atoms with Crippen LogP contribution in [0.25, 0.3) is 0 Å². The van der Waals surface area contributed by atoms with Crippen molar-refractivity contribution in [2.45, 2.75) is 55.9 Å². The molecule has 28 heavy (non-hydrogen) atoms. The van der Waals surface area contributed by atoms with Crippen LogP contribution in [0.15, 0.2) is 52.3 Å². The topological polar surface area (TPSA) is 83.5 Å². The molecule has 2 aromatic rings. The maximum atomic E-state index is 12.9. The van der Waals surface area contributed by atoms with Gasteiger partial charge in [0.05, 0.1) is 9.79 Å². The fraction of sp³-hybridized carbons (Fsp3) is 0.400. The molecule has 8 heteroatoms. The highest BCUT2D eigenvalue weighted by atomic mass is 32.2. The Morgan fingerprint density at radius 2 is 1.64 bits per heavy atom. The highest BCUT2D eigenvalue weighted by Crippen LogP contribution is 2.27. The first-order valence-corrected chi connectivity index (χ1v) is 12.3. The first-order valence-electron chi connectivity index (χ1n) is 9.33. The van der Waals surface area contributed by atoms with Crippen LogP contribution in [0, 0.1) is 13.8 Å². The van der Waals surface area contributed by atoms with Crippen LogP contribution in [0.5, 0.6) is 0 Å². The van der Waals surface area contributed by atoms with E-state index in [4.69, 9.17) is 0 Å². The summed E-state index contributed by atoms with van der Waals surface area (Å²) in [6.07, 6.45) is 2.75. The van der Waals surface area contributed by atoms with Crippen molar-refractivity contribution in [3.63, 3.8) is 0 Å². The van der Waals surface area contributed by atoms with Gasteiger partial charge >= 0.3 is 0 Å². The molecule has 152 valence electrons. The van der Waals surface area contributed by atoms with E-state index in [1.165, 1.54) is 28.6 Å². The summed E-state index contributed by atoms with van der Waals surface area (Å²) >= 11 is 0. The number of nitrogens with one attached hydrogen (secondary N) is 1. The number of nitrogens with zero attached hydrogens (tertiary/aromatic N) is 1. The molecule has 2 aromatic carbocycles. The zero-order valence-corrected chi connectivity index (χ0v) is 18.0. The van der Waals surface area contributed by atoms with Crippen molar-refractivity contribution in [3.05, 3.63) is 53.6 Å². The Morgan fingerprint density at radius 3 is 2.25 bits per heavy atom. The lowest BCUT2D eigenvalue weighted by Crippen LogP contribution is -2.41. The molecule has 1 heterocycles. The van der Waals surface area contributed by atoms with E-state index in [2.05, 4.69) is 4.72 Å². The number of hydrogen-bond acceptors (Lipinski definition) is 4. The summed E-state index contributed by atoms with van der Waals surface area (Å²) in [7, 11) is -7.33. The molecule has 0 saturated carbocycles. The summed E-state index contributed by atoms with van der Waals surface area (Å²) in [4.78, 5) is 0.382. The maximum Gasteiger partial charge on any atom is 0.262 e. The molecule has 3 rings (SSSR count). The number of benzene rings is 2. The van der Waals surface area contributed by atoms with Crippen LogP contribution in [-0.2, 0) is 20.0 Å². The van der Waals surface area contributed by atoms with E-state index < -0.39 is 20.0 Å². The fourth-order valence-corrected chi connectivity index (χ4v) is 6.56. The van der Waals surface area contributed by atoms with E-state index in [-0.39, 0.29) is 15.8 Å². The van der Waals surface area contributed by atoms with Crippen molar-refractivity contribution in [2.24, 2.45) is 0 Å². The van der Waals surface area contributed by atoms with Gasteiger partial charge in [-0.1, -0.05) is 24.1 Å². The summed E-state index contributed by atoms with van der Waals surface area (Å²) in [6, 6.07) is 11.0. The van der Waals surface area contributed by atoms with Crippen LogP contribution in [0.4, 0.5) is 5.69 Å². The molecule has 1 saturated heterocycles. The zero-order chi connectivity index (χ0) is 20.5. The van der Waals surface area contributed by atoms with Gasteiger partial charge in [-0.3, -0.25) is 4.72 Å². The lowest BCUT2D eigenvalue weighted by Gasteiger charge is -2.32. The third-order valence-corrected chi connectivity index (χ3v) is 8.64. The normalized spacial score (nSPS) is 18.8. The summed E-state index contributed by atoms with van der Waals surface area (Å²) < 4.78 is 55.2. The Labute approximate surface area is 167 Å². The minimum Gasteiger partial charge on any atom is -0.280 e. The van der Waals surface area contributed by atoms with Crippen LogP contribution in [-0.4, -0.2) is 33.7 Å². The fourth-order valence-electron chi connectivity index (χ4n) is 3.57. The molecule has 0 aliphatic carbocycles. The quantitative estimate of drug-likeness (QED) is 0.797. The molecule has 1 atom stereocenters. The maximum absolute atomic E-state index is 12.9. The Balaban J connectivity index is 1.82.